The van der Waals surface area contributed by atoms with Crippen molar-refractivity contribution in [3.8, 4) is 17.6 Å². The van der Waals surface area contributed by atoms with E-state index >= 15 is 0 Å². The molecule has 0 saturated heterocycles. The monoisotopic (exact) mass is 331 g/mol. The lowest BCUT2D eigenvalue weighted by Gasteiger charge is -2.22. The van der Waals surface area contributed by atoms with Gasteiger partial charge in [0.15, 0.2) is 5.65 Å². The predicted molar refractivity (Wildman–Crippen MR) is 100 cm³/mol. The molecule has 2 heterocycles. The van der Waals surface area contributed by atoms with Gasteiger partial charge in [0.2, 0.25) is 0 Å². The van der Waals surface area contributed by atoms with Crippen LogP contribution in [0.5, 0.6) is 5.75 Å². The van der Waals surface area contributed by atoms with E-state index in [0.29, 0.717) is 0 Å². The Morgan fingerprint density at radius 3 is 2.72 bits per heavy atom. The standard InChI is InChI=1S/C21H21N3O/c1-15(21(2,3)4)16-9-11-19(25-5)17(13-16)8-10-18-14-22-20-7-6-12-23-24(18)20/h6-7,9,11-14H,1H2,2-5H3. The Labute approximate surface area is 148 Å². The number of ether oxygens (including phenoxy) is 1. The third kappa shape index (κ3) is 3.41. The van der Waals surface area contributed by atoms with Crippen LogP contribution in [0.2, 0.25) is 0 Å². The average molecular weight is 331 g/mol. The van der Waals surface area contributed by atoms with Gasteiger partial charge in [-0.15, -0.1) is 0 Å². The molecular weight excluding hydrogens is 310 g/mol. The lowest BCUT2D eigenvalue weighted by Crippen LogP contribution is -2.07. The van der Waals surface area contributed by atoms with Crippen LogP contribution in [-0.2, 0) is 0 Å². The number of hydrogen-bond donors (Lipinski definition) is 0. The lowest BCUT2D eigenvalue weighted by atomic mass is 9.83. The van der Waals surface area contributed by atoms with Gasteiger partial charge in [0.1, 0.15) is 11.4 Å². The topological polar surface area (TPSA) is 39.4 Å². The van der Waals surface area contributed by atoms with Gasteiger partial charge in [-0.1, -0.05) is 39.3 Å². The minimum atomic E-state index is -0.00907. The second-order valence-electron chi connectivity index (χ2n) is 6.83. The van der Waals surface area contributed by atoms with E-state index < -0.39 is 0 Å². The minimum absolute atomic E-state index is 0.00907. The molecule has 0 bridgehead atoms. The number of rotatable bonds is 2. The van der Waals surface area contributed by atoms with E-state index in [0.717, 1.165) is 33.8 Å². The highest BCUT2D eigenvalue weighted by Crippen LogP contribution is 2.34. The van der Waals surface area contributed by atoms with Crippen LogP contribution in [-0.4, -0.2) is 21.7 Å². The van der Waals surface area contributed by atoms with Crippen molar-refractivity contribution in [2.24, 2.45) is 5.41 Å². The van der Waals surface area contributed by atoms with Gasteiger partial charge >= 0.3 is 0 Å². The summed E-state index contributed by atoms with van der Waals surface area (Å²) in [5, 5.41) is 4.28. The number of hydrogen-bond acceptors (Lipinski definition) is 3. The van der Waals surface area contributed by atoms with Crippen LogP contribution in [0.25, 0.3) is 11.2 Å². The summed E-state index contributed by atoms with van der Waals surface area (Å²) in [4.78, 5) is 4.30. The van der Waals surface area contributed by atoms with Crippen molar-refractivity contribution >= 4 is 11.2 Å². The Bertz CT molecular complexity index is 997. The second kappa shape index (κ2) is 6.45. The molecule has 0 N–H and O–H groups in total. The van der Waals surface area contributed by atoms with Crippen molar-refractivity contribution in [3.05, 3.63) is 66.1 Å². The van der Waals surface area contributed by atoms with Gasteiger partial charge in [-0.3, -0.25) is 0 Å². The smallest absolute Gasteiger partial charge is 0.154 e. The minimum Gasteiger partial charge on any atom is -0.495 e. The van der Waals surface area contributed by atoms with Crippen LogP contribution >= 0.6 is 0 Å². The van der Waals surface area contributed by atoms with Gasteiger partial charge < -0.3 is 4.74 Å². The molecule has 0 amide bonds. The Balaban J connectivity index is 2.04. The number of aromatic nitrogens is 3. The van der Waals surface area contributed by atoms with Crippen molar-refractivity contribution in [1.29, 1.82) is 0 Å². The highest BCUT2D eigenvalue weighted by molar-refractivity contribution is 5.70. The third-order valence-electron chi connectivity index (χ3n) is 4.06. The van der Waals surface area contributed by atoms with Crippen LogP contribution in [0.4, 0.5) is 0 Å². The molecule has 4 nitrogen and oxygen atoms in total. The highest BCUT2D eigenvalue weighted by atomic mass is 16.5. The zero-order chi connectivity index (χ0) is 18.0. The molecular formula is C21H21N3O. The molecule has 3 aromatic rings. The number of fused-ring (bicyclic) bond motifs is 1. The number of allylic oxidation sites excluding steroid dienone is 1. The van der Waals surface area contributed by atoms with Crippen LogP contribution in [0, 0.1) is 17.3 Å². The fourth-order valence-electron chi connectivity index (χ4n) is 2.47. The van der Waals surface area contributed by atoms with E-state index in [9.17, 15) is 0 Å². The number of benzene rings is 1. The van der Waals surface area contributed by atoms with E-state index in [1.165, 1.54) is 0 Å². The summed E-state index contributed by atoms with van der Waals surface area (Å²) >= 11 is 0. The molecule has 0 fully saturated rings. The zero-order valence-corrected chi connectivity index (χ0v) is 15.0. The fraction of sp³-hybridized carbons (Fsp3) is 0.238. The van der Waals surface area contributed by atoms with Crippen LogP contribution < -0.4 is 4.74 Å². The fourth-order valence-corrected chi connectivity index (χ4v) is 2.47. The molecule has 0 spiro atoms. The van der Waals surface area contributed by atoms with Crippen molar-refractivity contribution in [2.75, 3.05) is 7.11 Å². The summed E-state index contributed by atoms with van der Waals surface area (Å²) in [5.74, 6) is 7.07. The summed E-state index contributed by atoms with van der Waals surface area (Å²) in [7, 11) is 1.65. The van der Waals surface area contributed by atoms with Crippen LogP contribution in [0.1, 0.15) is 37.6 Å². The van der Waals surface area contributed by atoms with Crippen molar-refractivity contribution in [1.82, 2.24) is 14.6 Å². The summed E-state index contributed by atoms with van der Waals surface area (Å²) in [6, 6.07) is 9.73. The lowest BCUT2D eigenvalue weighted by molar-refractivity contribution is 0.413. The molecule has 0 unspecified atom stereocenters. The Morgan fingerprint density at radius 2 is 2.00 bits per heavy atom. The van der Waals surface area contributed by atoms with E-state index in [1.807, 2.05) is 30.3 Å². The largest absolute Gasteiger partial charge is 0.495 e. The molecule has 25 heavy (non-hydrogen) atoms. The first kappa shape index (κ1) is 16.8. The van der Waals surface area contributed by atoms with E-state index in [1.54, 1.807) is 24.0 Å². The van der Waals surface area contributed by atoms with E-state index in [4.69, 9.17) is 4.74 Å². The summed E-state index contributed by atoms with van der Waals surface area (Å²) in [6.07, 6.45) is 3.44. The summed E-state index contributed by atoms with van der Waals surface area (Å²) in [6.45, 7) is 10.7. The molecule has 3 rings (SSSR count). The molecule has 0 aliphatic rings. The number of methoxy groups -OCH3 is 1. The van der Waals surface area contributed by atoms with Crippen molar-refractivity contribution in [3.63, 3.8) is 0 Å². The molecule has 4 heteroatoms. The second-order valence-corrected chi connectivity index (χ2v) is 6.83. The zero-order valence-electron chi connectivity index (χ0n) is 15.0. The first-order chi connectivity index (χ1) is 11.9. The van der Waals surface area contributed by atoms with Crippen LogP contribution in [0.15, 0.2) is 49.3 Å². The van der Waals surface area contributed by atoms with Crippen molar-refractivity contribution < 1.29 is 4.74 Å². The summed E-state index contributed by atoms with van der Waals surface area (Å²) < 4.78 is 7.17. The van der Waals surface area contributed by atoms with Crippen molar-refractivity contribution in [2.45, 2.75) is 20.8 Å². The molecule has 0 aliphatic heterocycles. The summed E-state index contributed by atoms with van der Waals surface area (Å²) in [5.41, 5.74) is 4.44. The van der Waals surface area contributed by atoms with Gasteiger partial charge in [0.05, 0.1) is 18.9 Å². The van der Waals surface area contributed by atoms with Gasteiger partial charge in [-0.05, 0) is 46.7 Å². The number of nitrogens with zero attached hydrogens (tertiary/aromatic N) is 3. The van der Waals surface area contributed by atoms with E-state index in [-0.39, 0.29) is 5.41 Å². The van der Waals surface area contributed by atoms with Crippen LogP contribution in [0.3, 0.4) is 0 Å². The first-order valence-corrected chi connectivity index (χ1v) is 8.09. The quantitative estimate of drug-likeness (QED) is 0.661. The molecule has 2 aromatic heterocycles. The normalized spacial score (nSPS) is 11.0. The molecule has 0 radical (unpaired) electrons. The number of imidazole rings is 1. The average Bonchev–Trinajstić information content (AvgIpc) is 3.01. The Morgan fingerprint density at radius 1 is 1.20 bits per heavy atom. The molecule has 1 aromatic carbocycles. The molecule has 0 saturated carbocycles. The van der Waals surface area contributed by atoms with Gasteiger partial charge in [-0.2, -0.15) is 5.10 Å². The Hall–Kier alpha value is -3.06. The molecule has 0 atom stereocenters. The maximum atomic E-state index is 5.45. The first-order valence-electron chi connectivity index (χ1n) is 8.09. The van der Waals surface area contributed by atoms with Gasteiger partial charge in [0.25, 0.3) is 0 Å². The van der Waals surface area contributed by atoms with E-state index in [2.05, 4.69) is 49.3 Å². The maximum Gasteiger partial charge on any atom is 0.154 e. The van der Waals surface area contributed by atoms with Gasteiger partial charge in [-0.25, -0.2) is 9.50 Å². The predicted octanol–water partition coefficient (Wildman–Crippen LogP) is 4.20. The SMILES string of the molecule is C=C(c1ccc(OC)c(C#Cc2cnc3cccnn23)c1)C(C)(C)C. The Kier molecular flexibility index (Phi) is 4.33. The third-order valence-corrected chi connectivity index (χ3v) is 4.06. The molecule has 0 aliphatic carbocycles. The van der Waals surface area contributed by atoms with Gasteiger partial charge in [0, 0.05) is 6.20 Å². The highest BCUT2D eigenvalue weighted by Gasteiger charge is 2.17. The molecule has 126 valence electrons. The maximum absolute atomic E-state index is 5.45.